The van der Waals surface area contributed by atoms with Crippen molar-refractivity contribution in [3.63, 3.8) is 0 Å². The summed E-state index contributed by atoms with van der Waals surface area (Å²) in [7, 11) is 0. The van der Waals surface area contributed by atoms with Gasteiger partial charge in [-0.05, 0) is 103 Å². The van der Waals surface area contributed by atoms with E-state index in [9.17, 15) is 10.2 Å². The molecule has 1 unspecified atom stereocenters. The summed E-state index contributed by atoms with van der Waals surface area (Å²) in [4.78, 5) is 0. The van der Waals surface area contributed by atoms with Gasteiger partial charge in [-0.25, -0.2) is 0 Å². The van der Waals surface area contributed by atoms with Crippen molar-refractivity contribution in [2.75, 3.05) is 0 Å². The molecule has 2 N–H and O–H groups in total. The number of hydrogen-bond acceptors (Lipinski definition) is 5. The average Bonchev–Trinajstić information content (AvgIpc) is 2.93. The normalized spacial score (nSPS) is 18.0. The summed E-state index contributed by atoms with van der Waals surface area (Å²) in [6.45, 7) is 21.7. The van der Waals surface area contributed by atoms with Gasteiger partial charge in [0, 0.05) is 33.1 Å². The van der Waals surface area contributed by atoms with E-state index in [1.807, 2.05) is 36.5 Å². The van der Waals surface area contributed by atoms with Crippen LogP contribution in [0, 0.1) is 27.7 Å². The molecular weight excluding hydrogens is 593 g/mol. The van der Waals surface area contributed by atoms with Gasteiger partial charge in [-0.1, -0.05) is 85.4 Å². The van der Waals surface area contributed by atoms with Crippen molar-refractivity contribution in [1.82, 2.24) is 0 Å². The number of aryl methyl sites for hydroxylation is 3. The summed E-state index contributed by atoms with van der Waals surface area (Å²) in [5.41, 5.74) is 9.01. The van der Waals surface area contributed by atoms with Gasteiger partial charge in [0.15, 0.2) is 11.5 Å². The van der Waals surface area contributed by atoms with E-state index >= 15 is 0 Å². The smallest absolute Gasteiger partial charge is 0.169 e. The summed E-state index contributed by atoms with van der Waals surface area (Å²) in [6, 6.07) is 12.7. The zero-order valence-corrected chi connectivity index (χ0v) is 31.0. The molecule has 5 heteroatoms. The lowest BCUT2D eigenvalue weighted by Crippen LogP contribution is -2.22. The van der Waals surface area contributed by atoms with E-state index in [0.29, 0.717) is 22.0 Å². The van der Waals surface area contributed by atoms with Crippen molar-refractivity contribution in [2.45, 2.75) is 141 Å². The summed E-state index contributed by atoms with van der Waals surface area (Å²) in [5, 5.41) is 23.5. The van der Waals surface area contributed by atoms with Crippen LogP contribution < -0.4 is 4.74 Å². The first-order valence-electron chi connectivity index (χ1n) is 16.7. The molecule has 0 heterocycles. The molecule has 45 heavy (non-hydrogen) atoms. The fourth-order valence-corrected chi connectivity index (χ4v) is 9.12. The Morgan fingerprint density at radius 2 is 1.09 bits per heavy atom. The maximum atomic E-state index is 11.6. The molecule has 4 rings (SSSR count). The molecule has 1 fully saturated rings. The standard InChI is InChI=1S/C40H56O3S2/c1-25-18-33(19-26(2)28(25)4)43-34-22-32(40(8,9)10)21-30(38(34)42)24-45-36-16-14-12-11-13-15-35(36)44-23-29-20-31(39(5,6)7)17-27(3)37(29)41/h17-22,35-36,41-42H,11-16,23-24H2,1-10H3/t35-,36?/m0/s1. The van der Waals surface area contributed by atoms with Crippen LogP contribution in [0.3, 0.4) is 0 Å². The summed E-state index contributed by atoms with van der Waals surface area (Å²) in [6.07, 6.45) is 7.45. The highest BCUT2D eigenvalue weighted by atomic mass is 32.2. The molecule has 0 bridgehead atoms. The molecule has 246 valence electrons. The van der Waals surface area contributed by atoms with Crippen molar-refractivity contribution >= 4 is 23.5 Å². The van der Waals surface area contributed by atoms with Gasteiger partial charge in [0.2, 0.25) is 0 Å². The molecule has 0 amide bonds. The lowest BCUT2D eigenvalue weighted by molar-refractivity contribution is 0.405. The molecule has 1 aliphatic rings. The lowest BCUT2D eigenvalue weighted by Gasteiger charge is -2.30. The molecule has 3 nitrogen and oxygen atoms in total. The number of phenolic OH excluding ortho intramolecular Hbond substituents is 2. The van der Waals surface area contributed by atoms with E-state index in [2.05, 4.69) is 92.6 Å². The van der Waals surface area contributed by atoms with Crippen LogP contribution in [-0.4, -0.2) is 20.7 Å². The third-order valence-electron chi connectivity index (χ3n) is 9.44. The number of hydrogen-bond donors (Lipinski definition) is 2. The second-order valence-corrected chi connectivity index (χ2v) is 17.7. The molecule has 1 aliphatic carbocycles. The molecule has 0 aliphatic heterocycles. The molecule has 2 atom stereocenters. The number of benzene rings is 3. The highest BCUT2D eigenvalue weighted by Gasteiger charge is 2.27. The van der Waals surface area contributed by atoms with Gasteiger partial charge in [-0.15, -0.1) is 0 Å². The first-order valence-corrected chi connectivity index (χ1v) is 18.8. The summed E-state index contributed by atoms with van der Waals surface area (Å²) in [5.74, 6) is 3.55. The predicted molar refractivity (Wildman–Crippen MR) is 197 cm³/mol. The van der Waals surface area contributed by atoms with Crippen molar-refractivity contribution in [1.29, 1.82) is 0 Å². The predicted octanol–water partition coefficient (Wildman–Crippen LogP) is 12.0. The van der Waals surface area contributed by atoms with Crippen LogP contribution in [0.1, 0.15) is 125 Å². The van der Waals surface area contributed by atoms with Crippen LogP contribution in [0.5, 0.6) is 23.0 Å². The molecule has 0 radical (unpaired) electrons. The minimum atomic E-state index is -0.0787. The van der Waals surface area contributed by atoms with E-state index < -0.39 is 0 Å². The topological polar surface area (TPSA) is 49.7 Å². The van der Waals surface area contributed by atoms with E-state index in [0.717, 1.165) is 33.9 Å². The van der Waals surface area contributed by atoms with Crippen LogP contribution in [0.25, 0.3) is 0 Å². The quantitative estimate of drug-likeness (QED) is 0.254. The Bertz CT molecular complexity index is 1460. The van der Waals surface area contributed by atoms with Gasteiger partial charge in [0.25, 0.3) is 0 Å². The van der Waals surface area contributed by atoms with E-state index in [1.54, 1.807) is 0 Å². The first-order chi connectivity index (χ1) is 21.0. The van der Waals surface area contributed by atoms with Crippen molar-refractivity contribution < 1.29 is 14.9 Å². The van der Waals surface area contributed by atoms with Crippen LogP contribution in [0.4, 0.5) is 0 Å². The lowest BCUT2D eigenvalue weighted by atomic mass is 9.85. The minimum Gasteiger partial charge on any atom is -0.507 e. The zero-order valence-electron chi connectivity index (χ0n) is 29.4. The third kappa shape index (κ3) is 9.19. The first kappa shape index (κ1) is 35.6. The van der Waals surface area contributed by atoms with Crippen LogP contribution in [0.2, 0.25) is 0 Å². The Morgan fingerprint density at radius 3 is 1.58 bits per heavy atom. The van der Waals surface area contributed by atoms with Gasteiger partial charge in [-0.2, -0.15) is 23.5 Å². The summed E-state index contributed by atoms with van der Waals surface area (Å²) < 4.78 is 6.41. The SMILES string of the molecule is Cc1cc(Oc2cc(C(C)(C)C)cc(CSC3CCCCCC[C@@H]3SCc3cc(C(C)(C)C)cc(C)c3O)c2O)cc(C)c1C. The number of thioether (sulfide) groups is 2. The third-order valence-corrected chi connectivity index (χ3v) is 12.6. The highest BCUT2D eigenvalue weighted by molar-refractivity contribution is 8.03. The van der Waals surface area contributed by atoms with Crippen molar-refractivity contribution in [3.05, 3.63) is 80.9 Å². The van der Waals surface area contributed by atoms with E-state index in [-0.39, 0.29) is 16.6 Å². The fraction of sp³-hybridized carbons (Fsp3) is 0.550. The Kier molecular flexibility index (Phi) is 11.6. The Hall–Kier alpha value is -2.24. The van der Waals surface area contributed by atoms with Crippen molar-refractivity contribution in [3.8, 4) is 23.0 Å². The number of aromatic hydroxyl groups is 2. The Labute approximate surface area is 282 Å². The van der Waals surface area contributed by atoms with Crippen LogP contribution >= 0.6 is 23.5 Å². The van der Waals surface area contributed by atoms with E-state index in [1.165, 1.54) is 66.3 Å². The Morgan fingerprint density at radius 1 is 0.622 bits per heavy atom. The molecule has 0 aromatic heterocycles. The van der Waals surface area contributed by atoms with Gasteiger partial charge < -0.3 is 14.9 Å². The maximum Gasteiger partial charge on any atom is 0.169 e. The fourth-order valence-electron chi connectivity index (χ4n) is 6.06. The van der Waals surface area contributed by atoms with Crippen LogP contribution in [0.15, 0.2) is 36.4 Å². The molecule has 0 saturated heterocycles. The highest BCUT2D eigenvalue weighted by Crippen LogP contribution is 2.44. The molecular formula is C40H56O3S2. The monoisotopic (exact) mass is 648 g/mol. The van der Waals surface area contributed by atoms with Gasteiger partial charge in [0.05, 0.1) is 0 Å². The molecule has 0 spiro atoms. The molecule has 1 saturated carbocycles. The number of ether oxygens (including phenoxy) is 1. The summed E-state index contributed by atoms with van der Waals surface area (Å²) >= 11 is 4.00. The largest absolute Gasteiger partial charge is 0.507 e. The molecule has 3 aromatic carbocycles. The Balaban J connectivity index is 1.58. The van der Waals surface area contributed by atoms with Crippen molar-refractivity contribution in [2.24, 2.45) is 0 Å². The van der Waals surface area contributed by atoms with Gasteiger partial charge in [-0.3, -0.25) is 0 Å². The number of rotatable bonds is 8. The van der Waals surface area contributed by atoms with Crippen LogP contribution in [-0.2, 0) is 22.3 Å². The maximum absolute atomic E-state index is 11.6. The van der Waals surface area contributed by atoms with E-state index in [4.69, 9.17) is 4.74 Å². The van der Waals surface area contributed by atoms with Gasteiger partial charge >= 0.3 is 0 Å². The zero-order chi connectivity index (χ0) is 33.1. The average molecular weight is 649 g/mol. The second kappa shape index (κ2) is 14.7. The number of phenols is 2. The molecule has 3 aromatic rings. The second-order valence-electron chi connectivity index (χ2n) is 15.3. The minimum absolute atomic E-state index is 0.0414. The van der Waals surface area contributed by atoms with Gasteiger partial charge in [0.1, 0.15) is 11.5 Å².